The normalized spacial score (nSPS) is 10.5. The van der Waals surface area contributed by atoms with Crippen LogP contribution < -0.4 is 10.1 Å². The maximum atomic E-state index is 12.2. The molecule has 0 unspecified atom stereocenters. The van der Waals surface area contributed by atoms with Crippen LogP contribution in [0.5, 0.6) is 5.75 Å². The van der Waals surface area contributed by atoms with E-state index in [1.807, 2.05) is 32.0 Å². The predicted molar refractivity (Wildman–Crippen MR) is 102 cm³/mol. The van der Waals surface area contributed by atoms with E-state index in [2.05, 4.69) is 30.0 Å². The molecule has 0 saturated carbocycles. The van der Waals surface area contributed by atoms with Gasteiger partial charge in [0, 0.05) is 5.56 Å². The van der Waals surface area contributed by atoms with Gasteiger partial charge in [-0.25, -0.2) is 9.18 Å². The number of amides is 1. The molecule has 0 aliphatic carbocycles. The Hall–Kier alpha value is -2.56. The lowest BCUT2D eigenvalue weighted by molar-refractivity contribution is 0.111. The van der Waals surface area contributed by atoms with Crippen molar-refractivity contribution in [3.8, 4) is 5.75 Å². The number of halogens is 1. The maximum absolute atomic E-state index is 12.2. The molecule has 5 heteroatoms. The minimum Gasteiger partial charge on any atom is -0.489 e. The summed E-state index contributed by atoms with van der Waals surface area (Å²) in [6.45, 7) is 7.42. The van der Waals surface area contributed by atoms with Gasteiger partial charge in [-0.05, 0) is 61.1 Å². The highest BCUT2D eigenvalue weighted by Crippen LogP contribution is 2.27. The van der Waals surface area contributed by atoms with Gasteiger partial charge in [0.2, 0.25) is 6.86 Å². The highest BCUT2D eigenvalue weighted by Gasteiger charge is 2.13. The SMILES string of the molecule is CCc1cc(C)c(OCc2c(CC)cccc2NC(=O)OCF)cc1C. The Morgan fingerprint density at radius 1 is 1.08 bits per heavy atom. The van der Waals surface area contributed by atoms with Crippen molar-refractivity contribution in [3.63, 3.8) is 0 Å². The lowest BCUT2D eigenvalue weighted by atomic mass is 10.0. The summed E-state index contributed by atoms with van der Waals surface area (Å²) < 4.78 is 22.6. The molecule has 26 heavy (non-hydrogen) atoms. The molecule has 2 aromatic rings. The topological polar surface area (TPSA) is 47.6 Å². The van der Waals surface area contributed by atoms with Gasteiger partial charge < -0.3 is 9.47 Å². The summed E-state index contributed by atoms with van der Waals surface area (Å²) in [6.07, 6.45) is 0.955. The first-order valence-corrected chi connectivity index (χ1v) is 8.83. The zero-order chi connectivity index (χ0) is 19.1. The van der Waals surface area contributed by atoms with Crippen LogP contribution in [0.1, 0.15) is 41.7 Å². The van der Waals surface area contributed by atoms with Crippen molar-refractivity contribution < 1.29 is 18.7 Å². The van der Waals surface area contributed by atoms with Gasteiger partial charge in [-0.2, -0.15) is 0 Å². The first-order chi connectivity index (χ1) is 12.5. The lowest BCUT2D eigenvalue weighted by Crippen LogP contribution is -2.15. The average molecular weight is 359 g/mol. The second kappa shape index (κ2) is 9.22. The van der Waals surface area contributed by atoms with Crippen LogP contribution in [0, 0.1) is 13.8 Å². The number of alkyl halides is 1. The number of rotatable bonds is 7. The number of benzene rings is 2. The Kier molecular flexibility index (Phi) is 7.01. The third-order valence-corrected chi connectivity index (χ3v) is 4.46. The molecule has 1 N–H and O–H groups in total. The van der Waals surface area contributed by atoms with Crippen LogP contribution in [0.3, 0.4) is 0 Å². The summed E-state index contributed by atoms with van der Waals surface area (Å²) in [7, 11) is 0. The summed E-state index contributed by atoms with van der Waals surface area (Å²) in [4.78, 5) is 11.6. The monoisotopic (exact) mass is 359 g/mol. The number of carbonyl (C=O) groups excluding carboxylic acids is 1. The molecule has 0 fully saturated rings. The van der Waals surface area contributed by atoms with Crippen LogP contribution in [0.4, 0.5) is 14.9 Å². The van der Waals surface area contributed by atoms with Gasteiger partial charge in [0.15, 0.2) is 0 Å². The van der Waals surface area contributed by atoms with E-state index in [-0.39, 0.29) is 0 Å². The van der Waals surface area contributed by atoms with Gasteiger partial charge in [-0.1, -0.05) is 32.0 Å². The summed E-state index contributed by atoms with van der Waals surface area (Å²) in [5, 5.41) is 2.59. The summed E-state index contributed by atoms with van der Waals surface area (Å²) in [5.41, 5.74) is 6.07. The molecular formula is C21H26FNO3. The van der Waals surface area contributed by atoms with E-state index in [0.717, 1.165) is 35.3 Å². The summed E-state index contributed by atoms with van der Waals surface area (Å²) in [6, 6.07) is 9.79. The molecule has 0 radical (unpaired) electrons. The van der Waals surface area contributed by atoms with E-state index in [1.54, 1.807) is 6.07 Å². The fraction of sp³-hybridized carbons (Fsp3) is 0.381. The lowest BCUT2D eigenvalue weighted by Gasteiger charge is -2.17. The molecule has 2 aromatic carbocycles. The van der Waals surface area contributed by atoms with Crippen LogP contribution in [-0.2, 0) is 24.2 Å². The first kappa shape index (κ1) is 19.8. The van der Waals surface area contributed by atoms with Crippen LogP contribution in [-0.4, -0.2) is 13.0 Å². The Morgan fingerprint density at radius 3 is 2.46 bits per heavy atom. The molecule has 1 amide bonds. The fourth-order valence-corrected chi connectivity index (χ4v) is 2.98. The smallest absolute Gasteiger partial charge is 0.413 e. The highest BCUT2D eigenvalue weighted by molar-refractivity contribution is 5.85. The number of aryl methyl sites for hydroxylation is 4. The van der Waals surface area contributed by atoms with Crippen molar-refractivity contribution in [2.75, 3.05) is 12.2 Å². The van der Waals surface area contributed by atoms with Crippen LogP contribution in [0.15, 0.2) is 30.3 Å². The largest absolute Gasteiger partial charge is 0.489 e. The van der Waals surface area contributed by atoms with Crippen molar-refractivity contribution in [2.24, 2.45) is 0 Å². The number of anilines is 1. The molecular weight excluding hydrogens is 333 g/mol. The molecule has 0 aliphatic heterocycles. The van der Waals surface area contributed by atoms with E-state index >= 15 is 0 Å². The van der Waals surface area contributed by atoms with Crippen molar-refractivity contribution in [1.29, 1.82) is 0 Å². The fourth-order valence-electron chi connectivity index (χ4n) is 2.98. The second-order valence-electron chi connectivity index (χ2n) is 6.15. The molecule has 0 spiro atoms. The van der Waals surface area contributed by atoms with Crippen molar-refractivity contribution >= 4 is 11.8 Å². The van der Waals surface area contributed by atoms with Crippen LogP contribution >= 0.6 is 0 Å². The molecule has 140 valence electrons. The van der Waals surface area contributed by atoms with Gasteiger partial charge >= 0.3 is 6.09 Å². The van der Waals surface area contributed by atoms with Crippen molar-refractivity contribution in [2.45, 2.75) is 47.1 Å². The van der Waals surface area contributed by atoms with E-state index < -0.39 is 13.0 Å². The summed E-state index contributed by atoms with van der Waals surface area (Å²) >= 11 is 0. The molecule has 0 saturated heterocycles. The zero-order valence-corrected chi connectivity index (χ0v) is 15.8. The summed E-state index contributed by atoms with van der Waals surface area (Å²) in [5.74, 6) is 0.822. The van der Waals surface area contributed by atoms with Gasteiger partial charge in [0.05, 0.1) is 5.69 Å². The number of hydrogen-bond donors (Lipinski definition) is 1. The van der Waals surface area contributed by atoms with Gasteiger partial charge in [0.25, 0.3) is 0 Å². The van der Waals surface area contributed by atoms with Crippen molar-refractivity contribution in [1.82, 2.24) is 0 Å². The number of nitrogens with one attached hydrogen (secondary N) is 1. The Morgan fingerprint density at radius 2 is 1.81 bits per heavy atom. The first-order valence-electron chi connectivity index (χ1n) is 8.83. The zero-order valence-electron chi connectivity index (χ0n) is 15.8. The third-order valence-electron chi connectivity index (χ3n) is 4.46. The quantitative estimate of drug-likeness (QED) is 0.712. The van der Waals surface area contributed by atoms with Crippen LogP contribution in [0.25, 0.3) is 0 Å². The molecule has 0 bridgehead atoms. The number of ether oxygens (including phenoxy) is 2. The molecule has 0 aliphatic rings. The van der Waals surface area contributed by atoms with Gasteiger partial charge in [-0.3, -0.25) is 5.32 Å². The Labute approximate surface area is 154 Å². The average Bonchev–Trinajstić information content (AvgIpc) is 2.62. The van der Waals surface area contributed by atoms with Crippen LogP contribution in [0.2, 0.25) is 0 Å². The second-order valence-corrected chi connectivity index (χ2v) is 6.15. The minimum atomic E-state index is -1.16. The molecule has 2 rings (SSSR count). The van der Waals surface area contributed by atoms with E-state index in [0.29, 0.717) is 12.3 Å². The number of hydrogen-bond acceptors (Lipinski definition) is 3. The van der Waals surface area contributed by atoms with E-state index in [1.165, 1.54) is 11.1 Å². The minimum absolute atomic E-state index is 0.307. The number of carbonyl (C=O) groups is 1. The molecule has 4 nitrogen and oxygen atoms in total. The maximum Gasteiger partial charge on any atom is 0.413 e. The molecule has 0 heterocycles. The van der Waals surface area contributed by atoms with Crippen molar-refractivity contribution in [3.05, 3.63) is 58.1 Å². The molecule has 0 aromatic heterocycles. The Balaban J connectivity index is 2.25. The van der Waals surface area contributed by atoms with E-state index in [4.69, 9.17) is 4.74 Å². The van der Waals surface area contributed by atoms with Gasteiger partial charge in [0.1, 0.15) is 12.4 Å². The van der Waals surface area contributed by atoms with Gasteiger partial charge in [-0.15, -0.1) is 0 Å². The standard InChI is InChI=1S/C21H26FNO3/c1-5-16-8-7-9-19(23-21(24)26-13-22)18(16)12-25-20-11-14(3)17(6-2)10-15(20)4/h7-11H,5-6,12-13H2,1-4H3,(H,23,24). The third kappa shape index (κ3) is 4.75. The highest BCUT2D eigenvalue weighted by atomic mass is 19.1. The molecule has 0 atom stereocenters. The Bertz CT molecular complexity index is 774. The van der Waals surface area contributed by atoms with E-state index in [9.17, 15) is 9.18 Å². The predicted octanol–water partition coefficient (Wildman–Crippen LogP) is 5.48.